The molecule has 4 heteroatoms. The summed E-state index contributed by atoms with van der Waals surface area (Å²) in [6, 6.07) is 16.1. The Bertz CT molecular complexity index is 839. The minimum atomic E-state index is 0.00118. The number of rotatable bonds is 7. The fraction of sp³-hybridized carbons (Fsp3) is 0.286. The molecule has 1 heterocycles. The predicted octanol–water partition coefficient (Wildman–Crippen LogP) is 3.30. The van der Waals surface area contributed by atoms with Crippen LogP contribution in [0.3, 0.4) is 0 Å². The van der Waals surface area contributed by atoms with Crippen LogP contribution in [0.2, 0.25) is 0 Å². The first kappa shape index (κ1) is 17.2. The third-order valence-corrected chi connectivity index (χ3v) is 4.65. The summed E-state index contributed by atoms with van der Waals surface area (Å²) < 4.78 is 0. The molecule has 0 bridgehead atoms. The Labute approximate surface area is 147 Å². The zero-order valence-electron chi connectivity index (χ0n) is 14.5. The van der Waals surface area contributed by atoms with E-state index in [4.69, 9.17) is 0 Å². The summed E-state index contributed by atoms with van der Waals surface area (Å²) in [5, 5.41) is 13.4. The molecule has 0 aliphatic carbocycles. The molecule has 0 radical (unpaired) electrons. The van der Waals surface area contributed by atoms with Crippen LogP contribution >= 0.6 is 0 Å². The van der Waals surface area contributed by atoms with E-state index in [0.717, 1.165) is 22.0 Å². The van der Waals surface area contributed by atoms with Gasteiger partial charge < -0.3 is 15.4 Å². The summed E-state index contributed by atoms with van der Waals surface area (Å²) in [5.74, 6) is 0.127. The van der Waals surface area contributed by atoms with E-state index >= 15 is 0 Å². The minimum Gasteiger partial charge on any atom is -0.396 e. The standard InChI is InChI=1S/C21H24N2O2/c1-15-6-5-9-19-18(14-23-21(15)19)12-20(25)22-13-17(10-11-24)16-7-3-2-4-8-16/h2-9,14,17,23-24H,10-13H2,1H3,(H,22,25). The van der Waals surface area contributed by atoms with Gasteiger partial charge in [0.25, 0.3) is 0 Å². The quantitative estimate of drug-likeness (QED) is 0.620. The second-order valence-electron chi connectivity index (χ2n) is 6.41. The summed E-state index contributed by atoms with van der Waals surface area (Å²) in [6.45, 7) is 2.70. The molecule has 0 fully saturated rings. The van der Waals surface area contributed by atoms with Crippen molar-refractivity contribution in [1.82, 2.24) is 10.3 Å². The van der Waals surface area contributed by atoms with Crippen molar-refractivity contribution in [2.75, 3.05) is 13.2 Å². The molecule has 1 amide bonds. The van der Waals surface area contributed by atoms with Crippen LogP contribution in [-0.4, -0.2) is 29.1 Å². The highest BCUT2D eigenvalue weighted by Crippen LogP contribution is 2.22. The van der Waals surface area contributed by atoms with E-state index < -0.39 is 0 Å². The maximum Gasteiger partial charge on any atom is 0.224 e. The highest BCUT2D eigenvalue weighted by molar-refractivity contribution is 5.90. The first-order valence-electron chi connectivity index (χ1n) is 8.67. The monoisotopic (exact) mass is 336 g/mol. The molecule has 25 heavy (non-hydrogen) atoms. The molecule has 1 unspecified atom stereocenters. The van der Waals surface area contributed by atoms with Crippen molar-refractivity contribution in [1.29, 1.82) is 0 Å². The lowest BCUT2D eigenvalue weighted by Gasteiger charge is -2.17. The minimum absolute atomic E-state index is 0.00118. The molecule has 130 valence electrons. The number of para-hydroxylation sites is 1. The Morgan fingerprint density at radius 3 is 2.72 bits per heavy atom. The van der Waals surface area contributed by atoms with Crippen LogP contribution in [0.25, 0.3) is 10.9 Å². The lowest BCUT2D eigenvalue weighted by Crippen LogP contribution is -2.30. The zero-order valence-corrected chi connectivity index (χ0v) is 14.5. The molecule has 0 saturated carbocycles. The molecule has 0 saturated heterocycles. The third kappa shape index (κ3) is 4.09. The number of aromatic nitrogens is 1. The van der Waals surface area contributed by atoms with Crippen molar-refractivity contribution in [2.24, 2.45) is 0 Å². The van der Waals surface area contributed by atoms with E-state index in [1.54, 1.807) is 0 Å². The lowest BCUT2D eigenvalue weighted by molar-refractivity contribution is -0.120. The van der Waals surface area contributed by atoms with E-state index in [1.807, 2.05) is 48.7 Å². The van der Waals surface area contributed by atoms with E-state index in [1.165, 1.54) is 5.56 Å². The Balaban J connectivity index is 1.64. The van der Waals surface area contributed by atoms with Gasteiger partial charge in [0, 0.05) is 36.2 Å². The number of hydrogen-bond acceptors (Lipinski definition) is 2. The second kappa shape index (κ2) is 7.99. The van der Waals surface area contributed by atoms with Crippen molar-refractivity contribution in [3.05, 3.63) is 71.4 Å². The molecule has 0 spiro atoms. The van der Waals surface area contributed by atoms with Crippen LogP contribution in [-0.2, 0) is 11.2 Å². The van der Waals surface area contributed by atoms with Gasteiger partial charge in [0.05, 0.1) is 6.42 Å². The van der Waals surface area contributed by atoms with Crippen LogP contribution in [0, 0.1) is 6.92 Å². The number of fused-ring (bicyclic) bond motifs is 1. The molecule has 0 aliphatic rings. The first-order valence-corrected chi connectivity index (χ1v) is 8.67. The van der Waals surface area contributed by atoms with E-state index in [9.17, 15) is 9.90 Å². The van der Waals surface area contributed by atoms with Crippen LogP contribution in [0.5, 0.6) is 0 Å². The first-order chi connectivity index (χ1) is 12.2. The highest BCUT2D eigenvalue weighted by atomic mass is 16.3. The Kier molecular flexibility index (Phi) is 5.51. The van der Waals surface area contributed by atoms with Gasteiger partial charge in [-0.05, 0) is 30.0 Å². The second-order valence-corrected chi connectivity index (χ2v) is 6.41. The average Bonchev–Trinajstić information content (AvgIpc) is 3.04. The predicted molar refractivity (Wildman–Crippen MR) is 101 cm³/mol. The van der Waals surface area contributed by atoms with Gasteiger partial charge in [-0.3, -0.25) is 4.79 Å². The van der Waals surface area contributed by atoms with Gasteiger partial charge in [-0.25, -0.2) is 0 Å². The molecule has 1 atom stereocenters. The van der Waals surface area contributed by atoms with Crippen LogP contribution in [0.1, 0.15) is 29.0 Å². The summed E-state index contributed by atoms with van der Waals surface area (Å²) in [4.78, 5) is 15.7. The molecule has 3 rings (SSSR count). The average molecular weight is 336 g/mol. The number of carbonyl (C=O) groups is 1. The number of aliphatic hydroxyl groups excluding tert-OH is 1. The summed E-state index contributed by atoms with van der Waals surface area (Å²) in [5.41, 5.74) is 4.41. The lowest BCUT2D eigenvalue weighted by atomic mass is 9.96. The van der Waals surface area contributed by atoms with Gasteiger partial charge in [-0.2, -0.15) is 0 Å². The van der Waals surface area contributed by atoms with Crippen LogP contribution < -0.4 is 5.32 Å². The summed E-state index contributed by atoms with van der Waals surface area (Å²) >= 11 is 0. The number of aromatic amines is 1. The molecule has 4 nitrogen and oxygen atoms in total. The maximum atomic E-state index is 12.4. The number of aryl methyl sites for hydroxylation is 1. The Morgan fingerprint density at radius 2 is 1.96 bits per heavy atom. The number of amides is 1. The smallest absolute Gasteiger partial charge is 0.224 e. The number of H-pyrrole nitrogens is 1. The number of nitrogens with one attached hydrogen (secondary N) is 2. The van der Waals surface area contributed by atoms with Crippen LogP contribution in [0.4, 0.5) is 0 Å². The molecular formula is C21H24N2O2. The van der Waals surface area contributed by atoms with Crippen molar-refractivity contribution in [3.63, 3.8) is 0 Å². The van der Waals surface area contributed by atoms with Crippen molar-refractivity contribution in [3.8, 4) is 0 Å². The molecular weight excluding hydrogens is 312 g/mol. The van der Waals surface area contributed by atoms with Crippen molar-refractivity contribution in [2.45, 2.75) is 25.7 Å². The molecule has 3 aromatic rings. The number of aliphatic hydroxyl groups is 1. The van der Waals surface area contributed by atoms with Crippen molar-refractivity contribution < 1.29 is 9.90 Å². The summed E-state index contributed by atoms with van der Waals surface area (Å²) in [6.07, 6.45) is 2.90. The summed E-state index contributed by atoms with van der Waals surface area (Å²) in [7, 11) is 0. The molecule has 0 aliphatic heterocycles. The molecule has 2 aromatic carbocycles. The zero-order chi connectivity index (χ0) is 17.6. The SMILES string of the molecule is Cc1cccc2c(CC(=O)NCC(CCO)c3ccccc3)c[nH]c12. The highest BCUT2D eigenvalue weighted by Gasteiger charge is 2.14. The number of hydrogen-bond donors (Lipinski definition) is 3. The maximum absolute atomic E-state index is 12.4. The van der Waals surface area contributed by atoms with Gasteiger partial charge in [0.15, 0.2) is 0 Å². The Hall–Kier alpha value is -2.59. The fourth-order valence-electron chi connectivity index (χ4n) is 3.25. The van der Waals surface area contributed by atoms with Gasteiger partial charge in [0.2, 0.25) is 5.91 Å². The van der Waals surface area contributed by atoms with E-state index in [0.29, 0.717) is 19.4 Å². The number of carbonyl (C=O) groups excluding carboxylic acids is 1. The molecule has 3 N–H and O–H groups in total. The van der Waals surface area contributed by atoms with E-state index in [2.05, 4.69) is 23.3 Å². The van der Waals surface area contributed by atoms with Gasteiger partial charge >= 0.3 is 0 Å². The molecule has 1 aromatic heterocycles. The normalized spacial score (nSPS) is 12.2. The van der Waals surface area contributed by atoms with Gasteiger partial charge in [-0.1, -0.05) is 48.5 Å². The van der Waals surface area contributed by atoms with Gasteiger partial charge in [-0.15, -0.1) is 0 Å². The van der Waals surface area contributed by atoms with Crippen molar-refractivity contribution >= 4 is 16.8 Å². The van der Waals surface area contributed by atoms with Gasteiger partial charge in [0.1, 0.15) is 0 Å². The third-order valence-electron chi connectivity index (χ3n) is 4.65. The Morgan fingerprint density at radius 1 is 1.16 bits per heavy atom. The van der Waals surface area contributed by atoms with Crippen LogP contribution in [0.15, 0.2) is 54.7 Å². The van der Waals surface area contributed by atoms with E-state index in [-0.39, 0.29) is 18.4 Å². The fourth-order valence-corrected chi connectivity index (χ4v) is 3.25. The largest absolute Gasteiger partial charge is 0.396 e. The topological polar surface area (TPSA) is 65.1 Å². The number of benzene rings is 2.